The van der Waals surface area contributed by atoms with Crippen molar-refractivity contribution in [2.75, 3.05) is 18.9 Å². The maximum absolute atomic E-state index is 10.4. The molecular weight excluding hydrogens is 390 g/mol. The highest BCUT2D eigenvalue weighted by Crippen LogP contribution is 2.31. The Kier molecular flexibility index (Phi) is 8.78. The lowest BCUT2D eigenvalue weighted by molar-refractivity contribution is -0.119. The number of hydrogen-bond donors (Lipinski definition) is 6. The fourth-order valence-electron chi connectivity index (χ4n) is 3.09. The molecule has 2 fully saturated rings. The van der Waals surface area contributed by atoms with Gasteiger partial charge < -0.3 is 47.8 Å². The van der Waals surface area contributed by atoms with E-state index in [0.29, 0.717) is 11.2 Å². The largest absolute Gasteiger partial charge is 0.412 e. The standard InChI is InChI=1S/C10H13N5O4.C5H10N2O.2H2O/c11-8-5-9(13-2-12-8)15(3-14-5)10-7(18)6(17)4(1-16)19-10;6-5(8)4-2-1-3-7-4;;/h2-4,6-7,10,16-18H,1H2,(H2,11,12,13);4,7H,1-3H2,(H2,6,8);2*1H2/t4-,6-,7-,10-;4-;;/m10../s1. The van der Waals surface area contributed by atoms with Crippen LogP contribution in [0.2, 0.25) is 0 Å². The average Bonchev–Trinajstić information content (AvgIpc) is 3.37. The minimum atomic E-state index is -1.19. The normalized spacial score (nSPS) is 28.2. The topological polar surface area (TPSA) is 258 Å². The van der Waals surface area contributed by atoms with Gasteiger partial charge in [-0.15, -0.1) is 0 Å². The quantitative estimate of drug-likeness (QED) is 0.279. The van der Waals surface area contributed by atoms with Crippen LogP contribution in [-0.2, 0) is 9.53 Å². The first-order chi connectivity index (χ1) is 12.9. The number of rotatable bonds is 3. The van der Waals surface area contributed by atoms with E-state index in [-0.39, 0.29) is 28.7 Å². The molecule has 164 valence electrons. The third kappa shape index (κ3) is 4.94. The van der Waals surface area contributed by atoms with Crippen LogP contribution in [0.1, 0.15) is 19.1 Å². The molecule has 2 aliphatic rings. The van der Waals surface area contributed by atoms with Crippen LogP contribution >= 0.6 is 0 Å². The third-order valence-corrected chi connectivity index (χ3v) is 4.58. The Balaban J connectivity index is 0.000000360. The van der Waals surface area contributed by atoms with Crippen molar-refractivity contribution in [3.05, 3.63) is 12.7 Å². The molecule has 0 spiro atoms. The number of carbonyl (C=O) groups is 1. The second-order valence-electron chi connectivity index (χ2n) is 6.36. The highest BCUT2D eigenvalue weighted by molar-refractivity contribution is 5.81. The first-order valence-corrected chi connectivity index (χ1v) is 8.52. The number of nitrogen functional groups attached to an aromatic ring is 1. The molecule has 14 nitrogen and oxygen atoms in total. The van der Waals surface area contributed by atoms with Crippen LogP contribution in [0.15, 0.2) is 12.7 Å². The van der Waals surface area contributed by atoms with Gasteiger partial charge in [-0.3, -0.25) is 9.36 Å². The van der Waals surface area contributed by atoms with Crippen molar-refractivity contribution in [3.8, 4) is 0 Å². The second-order valence-corrected chi connectivity index (χ2v) is 6.36. The van der Waals surface area contributed by atoms with Crippen LogP contribution in [0.4, 0.5) is 5.82 Å². The molecule has 2 aliphatic heterocycles. The van der Waals surface area contributed by atoms with Crippen LogP contribution in [0.3, 0.4) is 0 Å². The fraction of sp³-hybridized carbons (Fsp3) is 0.600. The predicted octanol–water partition coefficient (Wildman–Crippen LogP) is -4.41. The van der Waals surface area contributed by atoms with E-state index in [2.05, 4.69) is 20.3 Å². The Hall–Kier alpha value is -2.46. The molecule has 14 heteroatoms. The molecule has 2 aromatic heterocycles. The van der Waals surface area contributed by atoms with E-state index in [4.69, 9.17) is 21.3 Å². The van der Waals surface area contributed by atoms with Gasteiger partial charge in [-0.05, 0) is 19.4 Å². The molecule has 4 heterocycles. The van der Waals surface area contributed by atoms with Crippen LogP contribution in [0.25, 0.3) is 11.2 Å². The summed E-state index contributed by atoms with van der Waals surface area (Å²) < 4.78 is 6.85. The van der Waals surface area contributed by atoms with Crippen LogP contribution < -0.4 is 16.8 Å². The van der Waals surface area contributed by atoms with E-state index < -0.39 is 31.1 Å². The number of nitrogens with zero attached hydrogens (tertiary/aromatic N) is 4. The van der Waals surface area contributed by atoms with Gasteiger partial charge in [0.1, 0.15) is 30.2 Å². The molecular formula is C15H27N7O7. The Morgan fingerprint density at radius 3 is 2.52 bits per heavy atom. The summed E-state index contributed by atoms with van der Waals surface area (Å²) >= 11 is 0. The Labute approximate surface area is 165 Å². The number of aliphatic hydroxyl groups is 3. The summed E-state index contributed by atoms with van der Waals surface area (Å²) in [5.41, 5.74) is 11.4. The first-order valence-electron chi connectivity index (χ1n) is 8.52. The van der Waals surface area contributed by atoms with E-state index in [1.165, 1.54) is 17.2 Å². The minimum Gasteiger partial charge on any atom is -0.412 e. The van der Waals surface area contributed by atoms with Crippen molar-refractivity contribution in [1.82, 2.24) is 24.8 Å². The summed E-state index contributed by atoms with van der Waals surface area (Å²) in [7, 11) is 0. The van der Waals surface area contributed by atoms with Crippen LogP contribution in [0.5, 0.6) is 0 Å². The molecule has 0 unspecified atom stereocenters. The van der Waals surface area contributed by atoms with Crippen molar-refractivity contribution >= 4 is 22.9 Å². The van der Waals surface area contributed by atoms with Gasteiger partial charge in [0, 0.05) is 0 Å². The number of fused-ring (bicyclic) bond motifs is 1. The summed E-state index contributed by atoms with van der Waals surface area (Å²) in [5, 5.41) is 31.7. The van der Waals surface area contributed by atoms with Gasteiger partial charge in [0.2, 0.25) is 5.91 Å². The molecule has 2 aromatic rings. The van der Waals surface area contributed by atoms with E-state index in [9.17, 15) is 15.0 Å². The van der Waals surface area contributed by atoms with E-state index in [1.807, 2.05) is 0 Å². The van der Waals surface area contributed by atoms with Crippen LogP contribution in [-0.4, -0.2) is 89.2 Å². The lowest BCUT2D eigenvalue weighted by atomic mass is 10.1. The molecule has 12 N–H and O–H groups in total. The van der Waals surface area contributed by atoms with E-state index in [1.54, 1.807) is 0 Å². The van der Waals surface area contributed by atoms with Gasteiger partial charge in [-0.1, -0.05) is 0 Å². The summed E-state index contributed by atoms with van der Waals surface area (Å²) in [4.78, 5) is 22.3. The summed E-state index contributed by atoms with van der Waals surface area (Å²) in [6.07, 6.45) is 0.566. The second kappa shape index (κ2) is 10.4. The summed E-state index contributed by atoms with van der Waals surface area (Å²) in [6, 6.07) is -0.0463. The lowest BCUT2D eigenvalue weighted by Gasteiger charge is -2.16. The minimum absolute atomic E-state index is 0. The molecule has 0 bridgehead atoms. The predicted molar refractivity (Wildman–Crippen MR) is 100 cm³/mol. The zero-order valence-corrected chi connectivity index (χ0v) is 15.5. The average molecular weight is 417 g/mol. The molecule has 0 aromatic carbocycles. The molecule has 5 atom stereocenters. The molecule has 0 radical (unpaired) electrons. The van der Waals surface area contributed by atoms with Crippen molar-refractivity contribution < 1.29 is 35.8 Å². The lowest BCUT2D eigenvalue weighted by Crippen LogP contribution is -2.36. The van der Waals surface area contributed by atoms with Crippen molar-refractivity contribution in [3.63, 3.8) is 0 Å². The maximum Gasteiger partial charge on any atom is 0.234 e. The summed E-state index contributed by atoms with van der Waals surface area (Å²) in [6.45, 7) is 0.548. The van der Waals surface area contributed by atoms with Gasteiger partial charge in [0.25, 0.3) is 0 Å². The molecule has 29 heavy (non-hydrogen) atoms. The van der Waals surface area contributed by atoms with Crippen LogP contribution in [0, 0.1) is 0 Å². The number of primary amides is 1. The van der Waals surface area contributed by atoms with Crippen molar-refractivity contribution in [2.45, 2.75) is 43.4 Å². The van der Waals surface area contributed by atoms with Crippen molar-refractivity contribution in [1.29, 1.82) is 0 Å². The molecule has 2 saturated heterocycles. The number of amides is 1. The number of ether oxygens (including phenoxy) is 1. The van der Waals surface area contributed by atoms with Gasteiger partial charge in [0.05, 0.1) is 19.0 Å². The molecule has 4 rings (SSSR count). The molecule has 1 amide bonds. The van der Waals surface area contributed by atoms with E-state index >= 15 is 0 Å². The number of nitrogens with one attached hydrogen (secondary N) is 1. The van der Waals surface area contributed by atoms with Gasteiger partial charge in [-0.2, -0.15) is 0 Å². The number of carbonyl (C=O) groups excluding carboxylic acids is 1. The molecule has 0 saturated carbocycles. The first kappa shape index (κ1) is 24.6. The van der Waals surface area contributed by atoms with Gasteiger partial charge >= 0.3 is 0 Å². The zero-order chi connectivity index (χ0) is 19.6. The monoisotopic (exact) mass is 417 g/mol. The summed E-state index contributed by atoms with van der Waals surface area (Å²) in [5.74, 6) is -0.00186. The third-order valence-electron chi connectivity index (χ3n) is 4.58. The fourth-order valence-corrected chi connectivity index (χ4v) is 3.09. The highest BCUT2D eigenvalue weighted by Gasteiger charge is 2.43. The number of aliphatic hydroxyl groups excluding tert-OH is 3. The molecule has 0 aliphatic carbocycles. The zero-order valence-electron chi connectivity index (χ0n) is 15.5. The van der Waals surface area contributed by atoms with Crippen molar-refractivity contribution in [2.24, 2.45) is 5.73 Å². The smallest absolute Gasteiger partial charge is 0.234 e. The maximum atomic E-state index is 10.4. The van der Waals surface area contributed by atoms with Gasteiger partial charge in [0.15, 0.2) is 17.7 Å². The number of nitrogens with two attached hydrogens (primary N) is 2. The number of imidazole rings is 1. The number of aromatic nitrogens is 4. The Bertz CT molecular complexity index is 798. The number of hydrogen-bond acceptors (Lipinski definition) is 10. The van der Waals surface area contributed by atoms with Gasteiger partial charge in [-0.25, -0.2) is 15.0 Å². The number of anilines is 1. The highest BCUT2D eigenvalue weighted by atomic mass is 16.6. The van der Waals surface area contributed by atoms with E-state index in [0.717, 1.165) is 19.4 Å². The Morgan fingerprint density at radius 2 is 2.00 bits per heavy atom. The SMILES string of the molecule is NC(=O)[C@@H]1CCCN1.Nc1ncnc2c1ncn2[C@@H]1O[C@H](CO)[C@@H](O)[C@H]1O.O.O. The Morgan fingerprint density at radius 1 is 1.28 bits per heavy atom.